The Morgan fingerprint density at radius 1 is 0.646 bits per heavy atom. The number of hydrogen-bond donors (Lipinski definition) is 0. The first kappa shape index (κ1) is 28.4. The van der Waals surface area contributed by atoms with Crippen LogP contribution in [-0.4, -0.2) is 7.05 Å². The van der Waals surface area contributed by atoms with E-state index in [-0.39, 0.29) is 6.04 Å². The van der Waals surface area contributed by atoms with Gasteiger partial charge >= 0.3 is 0 Å². The summed E-state index contributed by atoms with van der Waals surface area (Å²) in [6.07, 6.45) is 13.0. The third kappa shape index (κ3) is 4.33. The maximum Gasteiger partial charge on any atom is 0.135 e. The Morgan fingerprint density at radius 3 is 2.06 bits per heavy atom. The van der Waals surface area contributed by atoms with Crippen molar-refractivity contribution in [3.8, 4) is 11.1 Å². The summed E-state index contributed by atoms with van der Waals surface area (Å²) < 4.78 is 6.42. The van der Waals surface area contributed by atoms with Crippen LogP contribution in [0.2, 0.25) is 0 Å². The van der Waals surface area contributed by atoms with Crippen molar-refractivity contribution in [1.29, 1.82) is 0 Å². The molecule has 230 valence electrons. The minimum atomic E-state index is 0.112. The third-order valence-corrected chi connectivity index (χ3v) is 10.2. The van der Waals surface area contributed by atoms with Crippen LogP contribution in [0.4, 0.5) is 5.69 Å². The topological polar surface area (TPSA) is 16.4 Å². The number of fused-ring (bicyclic) bond motifs is 10. The highest BCUT2D eigenvalue weighted by Crippen LogP contribution is 2.43. The molecule has 1 atom stereocenters. The van der Waals surface area contributed by atoms with Gasteiger partial charge in [-0.05, 0) is 104 Å². The number of allylic oxidation sites excluding steroid dienone is 3. The second kappa shape index (κ2) is 11.1. The van der Waals surface area contributed by atoms with Crippen molar-refractivity contribution >= 4 is 72.1 Å². The van der Waals surface area contributed by atoms with E-state index in [4.69, 9.17) is 4.42 Å². The molecule has 1 unspecified atom stereocenters. The summed E-state index contributed by atoms with van der Waals surface area (Å²) in [5.41, 5.74) is 10.6. The molecule has 8 aromatic rings. The van der Waals surface area contributed by atoms with Crippen LogP contribution in [0.1, 0.15) is 35.2 Å². The molecule has 1 aliphatic heterocycles. The van der Waals surface area contributed by atoms with Crippen LogP contribution in [0.15, 0.2) is 144 Å². The summed E-state index contributed by atoms with van der Waals surface area (Å²) in [5, 5.41) is 10.0. The molecule has 9 rings (SSSR count). The maximum atomic E-state index is 6.42. The lowest BCUT2D eigenvalue weighted by molar-refractivity contribution is 0.668. The average molecular weight is 618 g/mol. The maximum absolute atomic E-state index is 6.42. The SMILES string of the molecule is C/C=C/C=C\c1ccc2c(c1C)N(C)C(c1ccc3oc4ccc(-c5cccc6c7ccccc7c7ccccc7c56)cc4c3c1)C=C2. The van der Waals surface area contributed by atoms with Crippen LogP contribution in [0.5, 0.6) is 0 Å². The molecule has 2 heterocycles. The fourth-order valence-corrected chi connectivity index (χ4v) is 7.93. The van der Waals surface area contributed by atoms with Crippen molar-refractivity contribution in [3.63, 3.8) is 0 Å². The van der Waals surface area contributed by atoms with Gasteiger partial charge < -0.3 is 9.32 Å². The molecular formula is C46H35NO. The van der Waals surface area contributed by atoms with E-state index < -0.39 is 0 Å². The van der Waals surface area contributed by atoms with Crippen LogP contribution < -0.4 is 4.90 Å². The van der Waals surface area contributed by atoms with Crippen LogP contribution in [0.25, 0.3) is 77.5 Å². The molecule has 1 aromatic heterocycles. The van der Waals surface area contributed by atoms with E-state index >= 15 is 0 Å². The van der Waals surface area contributed by atoms with Crippen molar-refractivity contribution < 1.29 is 4.42 Å². The Balaban J connectivity index is 1.18. The minimum absolute atomic E-state index is 0.112. The minimum Gasteiger partial charge on any atom is -0.456 e. The van der Waals surface area contributed by atoms with Gasteiger partial charge in [0.1, 0.15) is 11.2 Å². The Labute approximate surface area is 280 Å². The van der Waals surface area contributed by atoms with Crippen LogP contribution >= 0.6 is 0 Å². The third-order valence-electron chi connectivity index (χ3n) is 10.2. The molecule has 0 bridgehead atoms. The number of likely N-dealkylation sites (N-methyl/N-ethyl adjacent to an activating group) is 1. The van der Waals surface area contributed by atoms with Crippen LogP contribution in [0.3, 0.4) is 0 Å². The molecule has 0 radical (unpaired) electrons. The molecule has 0 saturated heterocycles. The Kier molecular flexibility index (Phi) is 6.58. The largest absolute Gasteiger partial charge is 0.456 e. The van der Waals surface area contributed by atoms with Gasteiger partial charge in [-0.2, -0.15) is 0 Å². The van der Waals surface area contributed by atoms with Gasteiger partial charge in [0.25, 0.3) is 0 Å². The molecule has 7 aromatic carbocycles. The lowest BCUT2D eigenvalue weighted by Gasteiger charge is -2.34. The molecule has 0 N–H and O–H groups in total. The van der Waals surface area contributed by atoms with Crippen molar-refractivity contribution in [2.75, 3.05) is 11.9 Å². The highest BCUT2D eigenvalue weighted by molar-refractivity contribution is 6.28. The number of anilines is 1. The van der Waals surface area contributed by atoms with Gasteiger partial charge in [-0.15, -0.1) is 0 Å². The second-order valence-corrected chi connectivity index (χ2v) is 12.9. The van der Waals surface area contributed by atoms with E-state index in [0.29, 0.717) is 0 Å². The standard InChI is InChI=1S/C46H35NO/c1-4-5-6-12-30-19-20-31-21-24-42(47(3)46(31)29(30)2)33-23-26-44-41(28-33)40-27-32(22-25-43(40)48-44)34-17-11-18-39-37-14-8-7-13-35(37)36-15-9-10-16-38(36)45(34)39/h4-28,42H,1-3H3/b5-4+,12-6-. The van der Waals surface area contributed by atoms with E-state index in [1.54, 1.807) is 0 Å². The Morgan fingerprint density at radius 2 is 1.31 bits per heavy atom. The molecule has 1 aliphatic rings. The van der Waals surface area contributed by atoms with Gasteiger partial charge in [0.2, 0.25) is 0 Å². The molecule has 0 saturated carbocycles. The van der Waals surface area contributed by atoms with Crippen molar-refractivity contribution in [2.24, 2.45) is 0 Å². The average Bonchev–Trinajstić information content (AvgIpc) is 3.50. The zero-order valence-electron chi connectivity index (χ0n) is 27.4. The number of furan rings is 1. The molecule has 0 fully saturated rings. The normalized spacial score (nSPS) is 14.9. The second-order valence-electron chi connectivity index (χ2n) is 12.9. The summed E-state index contributed by atoms with van der Waals surface area (Å²) in [4.78, 5) is 2.41. The molecular weight excluding hydrogens is 583 g/mol. The van der Waals surface area contributed by atoms with Crippen molar-refractivity contribution in [2.45, 2.75) is 19.9 Å². The molecule has 2 nitrogen and oxygen atoms in total. The van der Waals surface area contributed by atoms with Crippen molar-refractivity contribution in [3.05, 3.63) is 162 Å². The van der Waals surface area contributed by atoms with Crippen LogP contribution in [0, 0.1) is 6.92 Å². The quantitative estimate of drug-likeness (QED) is 0.144. The van der Waals surface area contributed by atoms with Gasteiger partial charge in [0.05, 0.1) is 6.04 Å². The highest BCUT2D eigenvalue weighted by atomic mass is 16.3. The van der Waals surface area contributed by atoms with E-state index in [2.05, 4.69) is 171 Å². The number of benzene rings is 7. The summed E-state index contributed by atoms with van der Waals surface area (Å²) in [6.45, 7) is 4.27. The van der Waals surface area contributed by atoms with E-state index in [1.165, 1.54) is 71.4 Å². The molecule has 0 spiro atoms. The fraction of sp³-hybridized carbons (Fsp3) is 0.0870. The Hall–Kier alpha value is -5.86. The number of nitrogens with zero attached hydrogens (tertiary/aromatic N) is 1. The van der Waals surface area contributed by atoms with Gasteiger partial charge in [-0.1, -0.05) is 127 Å². The van der Waals surface area contributed by atoms with Gasteiger partial charge in [0.15, 0.2) is 0 Å². The predicted molar refractivity (Wildman–Crippen MR) is 207 cm³/mol. The van der Waals surface area contributed by atoms with Gasteiger partial charge in [-0.25, -0.2) is 0 Å². The smallest absolute Gasteiger partial charge is 0.135 e. The molecule has 0 aliphatic carbocycles. The zero-order valence-corrected chi connectivity index (χ0v) is 27.4. The van der Waals surface area contributed by atoms with Gasteiger partial charge in [-0.3, -0.25) is 0 Å². The summed E-state index contributed by atoms with van der Waals surface area (Å²) in [7, 11) is 2.21. The van der Waals surface area contributed by atoms with Crippen molar-refractivity contribution in [1.82, 2.24) is 0 Å². The lowest BCUT2D eigenvalue weighted by Crippen LogP contribution is -2.26. The number of hydrogen-bond acceptors (Lipinski definition) is 2. The summed E-state index contributed by atoms with van der Waals surface area (Å²) in [6, 6.07) is 42.2. The zero-order chi connectivity index (χ0) is 32.4. The monoisotopic (exact) mass is 617 g/mol. The Bertz CT molecular complexity index is 2620. The van der Waals surface area contributed by atoms with E-state index in [0.717, 1.165) is 21.9 Å². The lowest BCUT2D eigenvalue weighted by atomic mass is 9.89. The predicted octanol–water partition coefficient (Wildman–Crippen LogP) is 12.8. The highest BCUT2D eigenvalue weighted by Gasteiger charge is 2.24. The molecule has 48 heavy (non-hydrogen) atoms. The summed E-state index contributed by atoms with van der Waals surface area (Å²) in [5.74, 6) is 0. The first-order valence-electron chi connectivity index (χ1n) is 16.7. The first-order chi connectivity index (χ1) is 23.6. The number of rotatable bonds is 4. The summed E-state index contributed by atoms with van der Waals surface area (Å²) >= 11 is 0. The van der Waals surface area contributed by atoms with Crippen LogP contribution in [-0.2, 0) is 0 Å². The molecule has 0 amide bonds. The van der Waals surface area contributed by atoms with E-state index in [9.17, 15) is 0 Å². The van der Waals surface area contributed by atoms with E-state index in [1.807, 2.05) is 6.92 Å². The first-order valence-corrected chi connectivity index (χ1v) is 16.7. The molecule has 2 heteroatoms. The fourth-order valence-electron chi connectivity index (χ4n) is 7.93. The van der Waals surface area contributed by atoms with Gasteiger partial charge in [0, 0.05) is 23.5 Å².